The van der Waals surface area contributed by atoms with E-state index in [1.54, 1.807) is 36.8 Å². The minimum atomic E-state index is -0.669. The van der Waals surface area contributed by atoms with E-state index in [4.69, 9.17) is 27.9 Å². The molecule has 3 aromatic heterocycles. The molecule has 38 heavy (non-hydrogen) atoms. The Bertz CT molecular complexity index is 1710. The Balaban J connectivity index is 1.52. The smallest absolute Gasteiger partial charge is 0.252 e. The summed E-state index contributed by atoms with van der Waals surface area (Å²) in [4.78, 5) is 31.2. The van der Waals surface area contributed by atoms with Gasteiger partial charge in [-0.05, 0) is 42.3 Å². The molecule has 0 amide bonds. The molecule has 0 aliphatic rings. The fourth-order valence-electron chi connectivity index (χ4n) is 4.55. The van der Waals surface area contributed by atoms with Gasteiger partial charge in [0.15, 0.2) is 10.9 Å². The van der Waals surface area contributed by atoms with Crippen LogP contribution in [0.3, 0.4) is 0 Å². The number of ether oxygens (including phenoxy) is 1. The summed E-state index contributed by atoms with van der Waals surface area (Å²) in [6.07, 6.45) is 5.46. The van der Waals surface area contributed by atoms with Crippen molar-refractivity contribution in [3.05, 3.63) is 99.3 Å². The van der Waals surface area contributed by atoms with Gasteiger partial charge in [-0.25, -0.2) is 4.68 Å². The van der Waals surface area contributed by atoms with E-state index >= 15 is 0 Å². The number of benzene rings is 2. The summed E-state index contributed by atoms with van der Waals surface area (Å²) in [6.45, 7) is 1.88. The first-order chi connectivity index (χ1) is 18.4. The molecule has 0 spiro atoms. The maximum Gasteiger partial charge on any atom is 0.252 e. The molecular weight excluding hydrogens is 525 g/mol. The van der Waals surface area contributed by atoms with Crippen LogP contribution >= 0.6 is 23.2 Å². The minimum absolute atomic E-state index is 0.0830. The van der Waals surface area contributed by atoms with Crippen molar-refractivity contribution in [1.82, 2.24) is 24.5 Å². The summed E-state index contributed by atoms with van der Waals surface area (Å²) < 4.78 is 8.61. The van der Waals surface area contributed by atoms with E-state index in [-0.39, 0.29) is 22.9 Å². The third-order valence-corrected chi connectivity index (χ3v) is 6.78. The molecule has 0 aliphatic heterocycles. The molecule has 1 unspecified atom stereocenters. The molecule has 0 aliphatic carbocycles. The van der Waals surface area contributed by atoms with Crippen LogP contribution in [0.1, 0.15) is 24.9 Å². The summed E-state index contributed by atoms with van der Waals surface area (Å²) in [5.74, 6) is 0.320. The molecule has 0 N–H and O–H groups in total. The number of carbonyl (C=O) groups excluding carboxylic acids is 1. The van der Waals surface area contributed by atoms with Crippen LogP contribution in [0, 0.1) is 0 Å². The number of hydrogen-bond donors (Lipinski definition) is 0. The van der Waals surface area contributed by atoms with Crippen molar-refractivity contribution < 1.29 is 9.53 Å². The lowest BCUT2D eigenvalue weighted by Gasteiger charge is -2.20. The number of Topliss-reactive ketones (excluding diaryl/α,β-unsaturated/α-hetero) is 1. The van der Waals surface area contributed by atoms with Crippen LogP contribution in [0.5, 0.6) is 5.75 Å². The first-order valence-electron chi connectivity index (χ1n) is 11.9. The maximum absolute atomic E-state index is 13.4. The number of aromatic nitrogens is 5. The fraction of sp³-hybridized carbons (Fsp3) is 0.179. The SMILES string of the molecule is CCC(C(=O)Cc1ccc2cccnc2c1)n1cc(OC)c(-c2cc(Cl)ccc2-n2cc(Cl)nn2)cc1=O. The quantitative estimate of drug-likeness (QED) is 0.246. The molecule has 192 valence electrons. The molecule has 0 bridgehead atoms. The molecule has 10 heteroatoms. The lowest BCUT2D eigenvalue weighted by Crippen LogP contribution is -2.30. The van der Waals surface area contributed by atoms with Gasteiger partial charge in [0, 0.05) is 40.2 Å². The maximum atomic E-state index is 13.4. The number of methoxy groups -OCH3 is 1. The number of fused-ring (bicyclic) bond motifs is 1. The lowest BCUT2D eigenvalue weighted by molar-refractivity contribution is -0.121. The Morgan fingerprint density at radius 1 is 1.05 bits per heavy atom. The Labute approximate surface area is 228 Å². The Kier molecular flexibility index (Phi) is 7.26. The zero-order valence-electron chi connectivity index (χ0n) is 20.6. The predicted molar refractivity (Wildman–Crippen MR) is 147 cm³/mol. The van der Waals surface area contributed by atoms with Crippen LogP contribution in [0.15, 0.2) is 78.0 Å². The zero-order valence-corrected chi connectivity index (χ0v) is 22.1. The van der Waals surface area contributed by atoms with Crippen molar-refractivity contribution in [2.75, 3.05) is 7.11 Å². The highest BCUT2D eigenvalue weighted by atomic mass is 35.5. The number of carbonyl (C=O) groups is 1. The Morgan fingerprint density at radius 3 is 2.63 bits per heavy atom. The van der Waals surface area contributed by atoms with Gasteiger partial charge in [-0.15, -0.1) is 5.10 Å². The highest BCUT2D eigenvalue weighted by Crippen LogP contribution is 2.35. The van der Waals surface area contributed by atoms with Gasteiger partial charge >= 0.3 is 0 Å². The number of halogens is 2. The third-order valence-electron chi connectivity index (χ3n) is 6.37. The van der Waals surface area contributed by atoms with Crippen molar-refractivity contribution in [2.45, 2.75) is 25.8 Å². The van der Waals surface area contributed by atoms with Gasteiger partial charge in [-0.1, -0.05) is 53.5 Å². The van der Waals surface area contributed by atoms with Gasteiger partial charge in [0.2, 0.25) is 0 Å². The van der Waals surface area contributed by atoms with Crippen LogP contribution in [0.4, 0.5) is 0 Å². The van der Waals surface area contributed by atoms with Gasteiger partial charge in [0.05, 0.1) is 36.7 Å². The second kappa shape index (κ2) is 10.8. The molecule has 5 aromatic rings. The summed E-state index contributed by atoms with van der Waals surface area (Å²) in [5, 5.41) is 9.56. The van der Waals surface area contributed by atoms with Crippen LogP contribution in [0.25, 0.3) is 27.7 Å². The molecule has 5 rings (SSSR count). The molecular formula is C28H23Cl2N5O3. The number of pyridine rings is 2. The molecule has 2 aromatic carbocycles. The predicted octanol–water partition coefficient (Wildman–Crippen LogP) is 5.72. The minimum Gasteiger partial charge on any atom is -0.495 e. The van der Waals surface area contributed by atoms with Crippen molar-refractivity contribution >= 4 is 39.9 Å². The summed E-state index contributed by atoms with van der Waals surface area (Å²) in [7, 11) is 1.51. The third kappa shape index (κ3) is 5.05. The van der Waals surface area contributed by atoms with E-state index in [2.05, 4.69) is 15.3 Å². The van der Waals surface area contributed by atoms with Crippen LogP contribution in [-0.4, -0.2) is 37.4 Å². The largest absolute Gasteiger partial charge is 0.495 e. The van der Waals surface area contributed by atoms with Crippen LogP contribution in [0.2, 0.25) is 10.2 Å². The summed E-state index contributed by atoms with van der Waals surface area (Å²) in [5.41, 5.74) is 3.02. The first-order valence-corrected chi connectivity index (χ1v) is 12.7. The number of hydrogen-bond acceptors (Lipinski definition) is 6. The standard InChI is InChI=1S/C28H23Cl2N5O3/c1-3-23(25(36)12-17-6-7-18-5-4-10-31-22(18)11-17)34-15-26(38-2)21(14-28(34)37)20-13-19(29)8-9-24(20)35-16-27(30)32-33-35/h4-11,13-16,23H,3,12H2,1-2H3. The van der Waals surface area contributed by atoms with Gasteiger partial charge in [0.1, 0.15) is 5.75 Å². The average molecular weight is 548 g/mol. The van der Waals surface area contributed by atoms with E-state index in [1.807, 2.05) is 37.3 Å². The second-order valence-corrected chi connectivity index (χ2v) is 9.57. The molecule has 0 saturated carbocycles. The second-order valence-electron chi connectivity index (χ2n) is 8.75. The van der Waals surface area contributed by atoms with Crippen molar-refractivity contribution in [3.8, 4) is 22.6 Å². The van der Waals surface area contributed by atoms with Gasteiger partial charge in [0.25, 0.3) is 5.56 Å². The summed E-state index contributed by atoms with van der Waals surface area (Å²) in [6, 6.07) is 15.6. The molecule has 0 saturated heterocycles. The first kappa shape index (κ1) is 25.6. The summed E-state index contributed by atoms with van der Waals surface area (Å²) >= 11 is 12.3. The van der Waals surface area contributed by atoms with E-state index in [0.29, 0.717) is 34.0 Å². The lowest BCUT2D eigenvalue weighted by atomic mass is 9.99. The van der Waals surface area contributed by atoms with Crippen molar-refractivity contribution in [2.24, 2.45) is 0 Å². The normalized spacial score (nSPS) is 12.0. The molecule has 8 nitrogen and oxygen atoms in total. The number of nitrogens with zero attached hydrogens (tertiary/aromatic N) is 5. The van der Waals surface area contributed by atoms with Crippen molar-refractivity contribution in [1.29, 1.82) is 0 Å². The van der Waals surface area contributed by atoms with E-state index < -0.39 is 6.04 Å². The zero-order chi connectivity index (χ0) is 26.8. The topological polar surface area (TPSA) is 91.9 Å². The van der Waals surface area contributed by atoms with Gasteiger partial charge < -0.3 is 9.30 Å². The van der Waals surface area contributed by atoms with Crippen molar-refractivity contribution in [3.63, 3.8) is 0 Å². The Morgan fingerprint density at radius 2 is 1.89 bits per heavy atom. The fourth-order valence-corrected chi connectivity index (χ4v) is 4.85. The highest BCUT2D eigenvalue weighted by molar-refractivity contribution is 6.31. The highest BCUT2D eigenvalue weighted by Gasteiger charge is 2.23. The number of ketones is 1. The van der Waals surface area contributed by atoms with E-state index in [0.717, 1.165) is 16.5 Å². The van der Waals surface area contributed by atoms with Gasteiger partial charge in [-0.3, -0.25) is 14.6 Å². The monoisotopic (exact) mass is 547 g/mol. The average Bonchev–Trinajstić information content (AvgIpc) is 3.35. The van der Waals surface area contributed by atoms with Gasteiger partial charge in [-0.2, -0.15) is 0 Å². The molecule has 0 fully saturated rings. The molecule has 0 radical (unpaired) electrons. The van der Waals surface area contributed by atoms with Crippen LogP contribution in [-0.2, 0) is 11.2 Å². The van der Waals surface area contributed by atoms with E-state index in [9.17, 15) is 9.59 Å². The molecule has 1 atom stereocenters. The molecule has 3 heterocycles. The van der Waals surface area contributed by atoms with Crippen LogP contribution < -0.4 is 10.3 Å². The number of rotatable bonds is 8. The Hall–Kier alpha value is -4.01. The van der Waals surface area contributed by atoms with E-state index in [1.165, 1.54) is 22.4 Å².